The Morgan fingerprint density at radius 3 is 2.60 bits per heavy atom. The maximum absolute atomic E-state index is 12.7. The van der Waals surface area contributed by atoms with Crippen molar-refractivity contribution in [3.05, 3.63) is 48.0 Å². The molecule has 0 aliphatic carbocycles. The van der Waals surface area contributed by atoms with E-state index in [4.69, 9.17) is 0 Å². The summed E-state index contributed by atoms with van der Waals surface area (Å²) >= 11 is 0. The topological polar surface area (TPSA) is 43.8 Å². The van der Waals surface area contributed by atoms with Gasteiger partial charge >= 0.3 is 0 Å². The van der Waals surface area contributed by atoms with Gasteiger partial charge in [-0.3, -0.25) is 4.79 Å². The van der Waals surface area contributed by atoms with Crippen LogP contribution in [0.15, 0.2) is 42.5 Å². The van der Waals surface area contributed by atoms with E-state index in [1.807, 2.05) is 23.1 Å². The fourth-order valence-electron chi connectivity index (χ4n) is 4.19. The number of likely N-dealkylation sites (tertiary alicyclic amines) is 2. The Bertz CT molecular complexity index is 769. The standard InChI is InChI=1S/C21H26N2O2/c24-20(14-17-7-8-18-5-1-2-6-19(18)13-17)23-12-9-21(25,16-23)15-22-10-3-4-11-22/h1-2,5-8,13,25H,3-4,9-12,14-16H2/t21-/m0/s1. The van der Waals surface area contributed by atoms with E-state index in [9.17, 15) is 9.90 Å². The molecule has 2 heterocycles. The number of rotatable bonds is 4. The van der Waals surface area contributed by atoms with Crippen LogP contribution < -0.4 is 0 Å². The largest absolute Gasteiger partial charge is 0.387 e. The van der Waals surface area contributed by atoms with Crippen molar-refractivity contribution in [1.29, 1.82) is 0 Å². The van der Waals surface area contributed by atoms with E-state index in [1.165, 1.54) is 23.6 Å². The zero-order valence-electron chi connectivity index (χ0n) is 14.7. The molecule has 4 heteroatoms. The van der Waals surface area contributed by atoms with Crippen molar-refractivity contribution in [3.8, 4) is 0 Å². The smallest absolute Gasteiger partial charge is 0.227 e. The molecule has 0 unspecified atom stereocenters. The first kappa shape index (κ1) is 16.6. The molecule has 0 saturated carbocycles. The molecule has 2 aliphatic rings. The van der Waals surface area contributed by atoms with Crippen LogP contribution in [-0.4, -0.2) is 59.1 Å². The summed E-state index contributed by atoms with van der Waals surface area (Å²) in [5.41, 5.74) is 0.308. The van der Waals surface area contributed by atoms with Crippen LogP contribution in [0.1, 0.15) is 24.8 Å². The highest BCUT2D eigenvalue weighted by molar-refractivity contribution is 5.85. The molecule has 0 aromatic heterocycles. The lowest BCUT2D eigenvalue weighted by Crippen LogP contribution is -2.45. The van der Waals surface area contributed by atoms with Gasteiger partial charge in [0.1, 0.15) is 0 Å². The SMILES string of the molecule is O=C(Cc1ccc2ccccc2c1)N1CC[C@](O)(CN2CCCC2)C1. The Hall–Kier alpha value is -1.91. The molecule has 2 aliphatic heterocycles. The van der Waals surface area contributed by atoms with E-state index in [0.29, 0.717) is 32.5 Å². The second-order valence-corrected chi connectivity index (χ2v) is 7.63. The van der Waals surface area contributed by atoms with Crippen LogP contribution in [0.5, 0.6) is 0 Å². The van der Waals surface area contributed by atoms with Crippen molar-refractivity contribution in [2.24, 2.45) is 0 Å². The second-order valence-electron chi connectivity index (χ2n) is 7.63. The molecular weight excluding hydrogens is 312 g/mol. The van der Waals surface area contributed by atoms with E-state index in [1.54, 1.807) is 0 Å². The number of hydrogen-bond donors (Lipinski definition) is 1. The summed E-state index contributed by atoms with van der Waals surface area (Å²) in [6.45, 7) is 3.99. The Labute approximate surface area is 149 Å². The van der Waals surface area contributed by atoms with E-state index < -0.39 is 5.60 Å². The molecule has 25 heavy (non-hydrogen) atoms. The highest BCUT2D eigenvalue weighted by atomic mass is 16.3. The molecule has 0 spiro atoms. The predicted octanol–water partition coefficient (Wildman–Crippen LogP) is 2.44. The van der Waals surface area contributed by atoms with E-state index in [2.05, 4.69) is 29.2 Å². The summed E-state index contributed by atoms with van der Waals surface area (Å²) < 4.78 is 0. The molecule has 2 fully saturated rings. The van der Waals surface area contributed by atoms with Crippen molar-refractivity contribution in [2.45, 2.75) is 31.3 Å². The van der Waals surface area contributed by atoms with Gasteiger partial charge in [0.05, 0.1) is 18.6 Å². The predicted molar refractivity (Wildman–Crippen MR) is 99.5 cm³/mol. The number of benzene rings is 2. The fraction of sp³-hybridized carbons (Fsp3) is 0.476. The highest BCUT2D eigenvalue weighted by Gasteiger charge is 2.39. The van der Waals surface area contributed by atoms with Gasteiger partial charge in [-0.1, -0.05) is 42.5 Å². The van der Waals surface area contributed by atoms with Gasteiger partial charge in [-0.25, -0.2) is 0 Å². The normalized spacial score (nSPS) is 24.3. The van der Waals surface area contributed by atoms with Crippen LogP contribution in [0, 0.1) is 0 Å². The maximum atomic E-state index is 12.7. The fourth-order valence-corrected chi connectivity index (χ4v) is 4.19. The summed E-state index contributed by atoms with van der Waals surface area (Å²) in [7, 11) is 0. The molecule has 132 valence electrons. The average Bonchev–Trinajstić information content (AvgIpc) is 3.25. The summed E-state index contributed by atoms with van der Waals surface area (Å²) in [6, 6.07) is 14.4. The number of carbonyl (C=O) groups excluding carboxylic acids is 1. The van der Waals surface area contributed by atoms with E-state index >= 15 is 0 Å². The molecule has 4 nitrogen and oxygen atoms in total. The van der Waals surface area contributed by atoms with Crippen molar-refractivity contribution < 1.29 is 9.90 Å². The summed E-state index contributed by atoms with van der Waals surface area (Å²) in [4.78, 5) is 16.8. The molecule has 1 amide bonds. The number of amides is 1. The molecule has 0 bridgehead atoms. The monoisotopic (exact) mass is 338 g/mol. The summed E-state index contributed by atoms with van der Waals surface area (Å²) in [5, 5.41) is 13.2. The van der Waals surface area contributed by atoms with Crippen LogP contribution >= 0.6 is 0 Å². The van der Waals surface area contributed by atoms with Gasteiger partial charge in [0, 0.05) is 13.1 Å². The quantitative estimate of drug-likeness (QED) is 0.931. The number of carbonyl (C=O) groups is 1. The van der Waals surface area contributed by atoms with Crippen molar-refractivity contribution in [3.63, 3.8) is 0 Å². The number of fused-ring (bicyclic) bond motifs is 1. The van der Waals surface area contributed by atoms with Crippen LogP contribution in [0.4, 0.5) is 0 Å². The molecule has 2 aromatic rings. The van der Waals surface area contributed by atoms with Gasteiger partial charge in [0.2, 0.25) is 5.91 Å². The zero-order valence-corrected chi connectivity index (χ0v) is 14.7. The Morgan fingerprint density at radius 1 is 1.04 bits per heavy atom. The lowest BCUT2D eigenvalue weighted by molar-refractivity contribution is -0.130. The molecule has 1 N–H and O–H groups in total. The minimum absolute atomic E-state index is 0.118. The number of hydrogen-bond acceptors (Lipinski definition) is 3. The Balaban J connectivity index is 1.39. The van der Waals surface area contributed by atoms with E-state index in [-0.39, 0.29) is 5.91 Å². The Morgan fingerprint density at radius 2 is 1.80 bits per heavy atom. The average molecular weight is 338 g/mol. The lowest BCUT2D eigenvalue weighted by atomic mass is 10.0. The third kappa shape index (κ3) is 3.70. The summed E-state index contributed by atoms with van der Waals surface area (Å²) in [6.07, 6.45) is 3.54. The maximum Gasteiger partial charge on any atom is 0.227 e. The second kappa shape index (κ2) is 6.77. The Kier molecular flexibility index (Phi) is 4.48. The molecule has 4 rings (SSSR count). The number of β-amino-alcohol motifs (C(OH)–C–C–N with tert-alkyl or cyclic N) is 1. The van der Waals surface area contributed by atoms with Crippen molar-refractivity contribution >= 4 is 16.7 Å². The van der Waals surface area contributed by atoms with Gasteiger partial charge < -0.3 is 14.9 Å². The lowest BCUT2D eigenvalue weighted by Gasteiger charge is -2.28. The van der Waals surface area contributed by atoms with Crippen molar-refractivity contribution in [1.82, 2.24) is 9.80 Å². The molecule has 1 atom stereocenters. The van der Waals surface area contributed by atoms with Gasteiger partial charge in [-0.15, -0.1) is 0 Å². The highest BCUT2D eigenvalue weighted by Crippen LogP contribution is 2.25. The van der Waals surface area contributed by atoms with Crippen LogP contribution in [0.25, 0.3) is 10.8 Å². The van der Waals surface area contributed by atoms with Crippen LogP contribution in [0.3, 0.4) is 0 Å². The van der Waals surface area contributed by atoms with Crippen LogP contribution in [0.2, 0.25) is 0 Å². The molecule has 0 radical (unpaired) electrons. The minimum Gasteiger partial charge on any atom is -0.387 e. The molecule has 2 aromatic carbocycles. The molecular formula is C21H26N2O2. The summed E-state index contributed by atoms with van der Waals surface area (Å²) in [5.74, 6) is 0.118. The van der Waals surface area contributed by atoms with Gasteiger partial charge in [-0.05, 0) is 48.7 Å². The zero-order chi connectivity index (χ0) is 17.3. The number of aliphatic hydroxyl groups is 1. The minimum atomic E-state index is -0.733. The third-order valence-electron chi connectivity index (χ3n) is 5.57. The van der Waals surface area contributed by atoms with Crippen molar-refractivity contribution in [2.75, 3.05) is 32.7 Å². The third-order valence-corrected chi connectivity index (χ3v) is 5.57. The van der Waals surface area contributed by atoms with Crippen LogP contribution in [-0.2, 0) is 11.2 Å². The number of nitrogens with zero attached hydrogens (tertiary/aromatic N) is 2. The first-order valence-corrected chi connectivity index (χ1v) is 9.32. The first-order chi connectivity index (χ1) is 12.1. The van der Waals surface area contributed by atoms with Gasteiger partial charge in [-0.2, -0.15) is 0 Å². The first-order valence-electron chi connectivity index (χ1n) is 9.32. The van der Waals surface area contributed by atoms with Gasteiger partial charge in [0.25, 0.3) is 0 Å². The van der Waals surface area contributed by atoms with Gasteiger partial charge in [0.15, 0.2) is 0 Å². The molecule has 2 saturated heterocycles. The van der Waals surface area contributed by atoms with E-state index in [0.717, 1.165) is 18.7 Å².